The van der Waals surface area contributed by atoms with Crippen molar-refractivity contribution in [2.45, 2.75) is 26.9 Å². The highest BCUT2D eigenvalue weighted by molar-refractivity contribution is 5.77. The second-order valence-electron chi connectivity index (χ2n) is 6.27. The van der Waals surface area contributed by atoms with E-state index in [0.29, 0.717) is 6.54 Å². The molecule has 1 amide bonds. The number of rotatable bonds is 7. The number of hydrogen-bond acceptors (Lipinski definition) is 3. The summed E-state index contributed by atoms with van der Waals surface area (Å²) in [5.41, 5.74) is 4.58. The molecule has 0 saturated heterocycles. The Bertz CT molecular complexity index is 696. The Kier molecular flexibility index (Phi) is 6.38. The third kappa shape index (κ3) is 5.10. The van der Waals surface area contributed by atoms with Crippen molar-refractivity contribution >= 4 is 5.91 Å². The molecule has 0 aliphatic carbocycles. The first-order chi connectivity index (χ1) is 11.5. The standard InChI is InChI=1S/C20H26N2O2/c1-15-8-7-11-19(16(15)2)24-14-20(23)21-12-17-9-5-6-10-18(17)13-22(3)4/h5-11H,12-14H2,1-4H3,(H,21,23). The SMILES string of the molecule is Cc1cccc(OCC(=O)NCc2ccccc2CN(C)C)c1C. The normalized spacial score (nSPS) is 10.7. The lowest BCUT2D eigenvalue weighted by Gasteiger charge is -2.15. The molecule has 4 heteroatoms. The fourth-order valence-electron chi connectivity index (χ4n) is 2.49. The van der Waals surface area contributed by atoms with E-state index in [1.54, 1.807) is 0 Å². The van der Waals surface area contributed by atoms with Gasteiger partial charge in [0.25, 0.3) is 5.91 Å². The van der Waals surface area contributed by atoms with Crippen LogP contribution in [-0.4, -0.2) is 31.5 Å². The molecular weight excluding hydrogens is 300 g/mol. The van der Waals surface area contributed by atoms with Crippen molar-refractivity contribution in [3.05, 3.63) is 64.7 Å². The van der Waals surface area contributed by atoms with E-state index in [1.165, 1.54) is 5.56 Å². The van der Waals surface area contributed by atoms with E-state index in [4.69, 9.17) is 4.74 Å². The van der Waals surface area contributed by atoms with Crippen molar-refractivity contribution in [1.29, 1.82) is 0 Å². The molecule has 0 aliphatic rings. The first-order valence-electron chi connectivity index (χ1n) is 8.14. The molecule has 128 valence electrons. The first-order valence-corrected chi connectivity index (χ1v) is 8.14. The van der Waals surface area contributed by atoms with Crippen LogP contribution in [0.3, 0.4) is 0 Å². The molecule has 4 nitrogen and oxygen atoms in total. The molecule has 2 aromatic rings. The smallest absolute Gasteiger partial charge is 0.258 e. The molecule has 0 saturated carbocycles. The van der Waals surface area contributed by atoms with E-state index < -0.39 is 0 Å². The molecule has 0 radical (unpaired) electrons. The van der Waals surface area contributed by atoms with E-state index in [0.717, 1.165) is 29.0 Å². The van der Waals surface area contributed by atoms with Crippen LogP contribution in [-0.2, 0) is 17.9 Å². The number of carbonyl (C=O) groups excluding carboxylic acids is 1. The monoisotopic (exact) mass is 326 g/mol. The van der Waals surface area contributed by atoms with E-state index in [9.17, 15) is 4.79 Å². The molecule has 0 unspecified atom stereocenters. The third-order valence-corrected chi connectivity index (χ3v) is 3.99. The van der Waals surface area contributed by atoms with Crippen LogP contribution in [0.2, 0.25) is 0 Å². The molecule has 0 spiro atoms. The Morgan fingerprint density at radius 3 is 2.46 bits per heavy atom. The van der Waals surface area contributed by atoms with Gasteiger partial charge in [0.15, 0.2) is 6.61 Å². The second kappa shape index (κ2) is 8.50. The molecule has 1 N–H and O–H groups in total. The highest BCUT2D eigenvalue weighted by Crippen LogP contribution is 2.20. The van der Waals surface area contributed by atoms with Crippen molar-refractivity contribution in [1.82, 2.24) is 10.2 Å². The predicted molar refractivity (Wildman–Crippen MR) is 97.1 cm³/mol. The maximum absolute atomic E-state index is 12.1. The summed E-state index contributed by atoms with van der Waals surface area (Å²) in [5, 5.41) is 2.93. The zero-order valence-corrected chi connectivity index (χ0v) is 14.9. The van der Waals surface area contributed by atoms with Crippen LogP contribution < -0.4 is 10.1 Å². The molecule has 0 heterocycles. The summed E-state index contributed by atoms with van der Waals surface area (Å²) in [5.74, 6) is 0.647. The average molecular weight is 326 g/mol. The zero-order chi connectivity index (χ0) is 17.5. The largest absolute Gasteiger partial charge is 0.483 e. The van der Waals surface area contributed by atoms with Gasteiger partial charge in [-0.15, -0.1) is 0 Å². The minimum atomic E-state index is -0.115. The van der Waals surface area contributed by atoms with Crippen LogP contribution in [0.5, 0.6) is 5.75 Å². The second-order valence-corrected chi connectivity index (χ2v) is 6.27. The van der Waals surface area contributed by atoms with Crippen molar-refractivity contribution in [3.8, 4) is 5.75 Å². The fourth-order valence-corrected chi connectivity index (χ4v) is 2.49. The summed E-state index contributed by atoms with van der Waals surface area (Å²) < 4.78 is 5.64. The molecule has 0 aromatic heterocycles. The van der Waals surface area contributed by atoms with Crippen LogP contribution in [0.4, 0.5) is 0 Å². The lowest BCUT2D eigenvalue weighted by Crippen LogP contribution is -2.29. The van der Waals surface area contributed by atoms with Gasteiger partial charge in [-0.25, -0.2) is 0 Å². The number of carbonyl (C=O) groups is 1. The summed E-state index contributed by atoms with van der Waals surface area (Å²) in [6, 6.07) is 14.0. The quantitative estimate of drug-likeness (QED) is 0.850. The van der Waals surface area contributed by atoms with Crippen LogP contribution >= 0.6 is 0 Å². The average Bonchev–Trinajstić information content (AvgIpc) is 2.55. The highest BCUT2D eigenvalue weighted by Gasteiger charge is 2.08. The van der Waals surface area contributed by atoms with Gasteiger partial charge in [-0.05, 0) is 56.3 Å². The predicted octanol–water partition coefficient (Wildman–Crippen LogP) is 3.06. The van der Waals surface area contributed by atoms with Crippen LogP contribution in [0.1, 0.15) is 22.3 Å². The molecule has 2 aromatic carbocycles. The Hall–Kier alpha value is -2.33. The summed E-state index contributed by atoms with van der Waals surface area (Å²) in [4.78, 5) is 14.2. The van der Waals surface area contributed by atoms with Gasteiger partial charge in [0.2, 0.25) is 0 Å². The van der Waals surface area contributed by atoms with Gasteiger partial charge in [0.05, 0.1) is 0 Å². The summed E-state index contributed by atoms with van der Waals surface area (Å²) in [7, 11) is 4.07. The van der Waals surface area contributed by atoms with Gasteiger partial charge in [0, 0.05) is 13.1 Å². The van der Waals surface area contributed by atoms with Crippen LogP contribution in [0, 0.1) is 13.8 Å². The summed E-state index contributed by atoms with van der Waals surface area (Å²) >= 11 is 0. The highest BCUT2D eigenvalue weighted by atomic mass is 16.5. The maximum Gasteiger partial charge on any atom is 0.258 e. The van der Waals surface area contributed by atoms with E-state index in [-0.39, 0.29) is 12.5 Å². The molecule has 0 fully saturated rings. The summed E-state index contributed by atoms with van der Waals surface area (Å²) in [6.07, 6.45) is 0. The summed E-state index contributed by atoms with van der Waals surface area (Å²) in [6.45, 7) is 5.42. The van der Waals surface area contributed by atoms with E-state index >= 15 is 0 Å². The van der Waals surface area contributed by atoms with Crippen LogP contribution in [0.15, 0.2) is 42.5 Å². The van der Waals surface area contributed by atoms with Crippen molar-refractivity contribution in [2.75, 3.05) is 20.7 Å². The van der Waals surface area contributed by atoms with Gasteiger partial charge in [-0.3, -0.25) is 4.79 Å². The number of benzene rings is 2. The number of amides is 1. The molecule has 24 heavy (non-hydrogen) atoms. The van der Waals surface area contributed by atoms with Gasteiger partial charge >= 0.3 is 0 Å². The maximum atomic E-state index is 12.1. The molecule has 0 aliphatic heterocycles. The lowest BCUT2D eigenvalue weighted by atomic mass is 10.1. The fraction of sp³-hybridized carbons (Fsp3) is 0.350. The Balaban J connectivity index is 1.89. The van der Waals surface area contributed by atoms with Gasteiger partial charge in [-0.1, -0.05) is 36.4 Å². The van der Waals surface area contributed by atoms with Crippen molar-refractivity contribution in [3.63, 3.8) is 0 Å². The Morgan fingerprint density at radius 1 is 1.04 bits per heavy atom. The van der Waals surface area contributed by atoms with Crippen molar-refractivity contribution in [2.24, 2.45) is 0 Å². The molecule has 2 rings (SSSR count). The molecular formula is C20H26N2O2. The minimum absolute atomic E-state index is 0.0279. The van der Waals surface area contributed by atoms with E-state index in [1.807, 2.05) is 64.3 Å². The third-order valence-electron chi connectivity index (χ3n) is 3.99. The van der Waals surface area contributed by atoms with Crippen LogP contribution in [0.25, 0.3) is 0 Å². The first kappa shape index (κ1) is 18.0. The zero-order valence-electron chi connectivity index (χ0n) is 14.9. The van der Waals surface area contributed by atoms with Gasteiger partial charge < -0.3 is 15.0 Å². The number of hydrogen-bond donors (Lipinski definition) is 1. The van der Waals surface area contributed by atoms with Gasteiger partial charge in [-0.2, -0.15) is 0 Å². The van der Waals surface area contributed by atoms with Crippen molar-refractivity contribution < 1.29 is 9.53 Å². The lowest BCUT2D eigenvalue weighted by molar-refractivity contribution is -0.123. The minimum Gasteiger partial charge on any atom is -0.483 e. The number of aryl methyl sites for hydroxylation is 1. The Labute approximate surface area is 144 Å². The number of ether oxygens (including phenoxy) is 1. The van der Waals surface area contributed by atoms with E-state index in [2.05, 4.69) is 16.3 Å². The molecule has 0 atom stereocenters. The molecule has 0 bridgehead atoms. The Morgan fingerprint density at radius 2 is 1.75 bits per heavy atom. The number of nitrogens with one attached hydrogen (secondary N) is 1. The number of nitrogens with zero attached hydrogens (tertiary/aromatic N) is 1. The topological polar surface area (TPSA) is 41.6 Å². The van der Waals surface area contributed by atoms with Gasteiger partial charge in [0.1, 0.15) is 5.75 Å².